The number of ether oxygens (including phenoxy) is 4. The molecule has 0 spiro atoms. The van der Waals surface area contributed by atoms with Gasteiger partial charge in [-0.05, 0) is 31.2 Å². The van der Waals surface area contributed by atoms with Crippen LogP contribution in [0.1, 0.15) is 6.92 Å². The summed E-state index contributed by atoms with van der Waals surface area (Å²) in [4.78, 5) is 12.9. The van der Waals surface area contributed by atoms with Crippen LogP contribution in [0.25, 0.3) is 0 Å². The topological polar surface area (TPSA) is 103 Å². The zero-order valence-corrected chi connectivity index (χ0v) is 17.3. The minimum Gasteiger partial charge on any atom is -0.497 e. The fraction of sp³-hybridized carbons (Fsp3) is 0.316. The minimum absolute atomic E-state index is 0.112. The quantitative estimate of drug-likeness (QED) is 0.730. The van der Waals surface area contributed by atoms with Crippen LogP contribution >= 0.6 is 0 Å². The first-order valence-corrected chi connectivity index (χ1v) is 10.5. The summed E-state index contributed by atoms with van der Waals surface area (Å²) < 4.78 is 47.2. The molecule has 29 heavy (non-hydrogen) atoms. The molecule has 0 radical (unpaired) electrons. The van der Waals surface area contributed by atoms with Gasteiger partial charge in [-0.25, -0.2) is 8.42 Å². The van der Waals surface area contributed by atoms with Crippen LogP contribution < -0.4 is 28.6 Å². The fourth-order valence-corrected chi connectivity index (χ4v) is 4.14. The predicted octanol–water partition coefficient (Wildman–Crippen LogP) is 2.23. The maximum Gasteiger partial charge on any atom is 0.247 e. The number of methoxy groups -OCH3 is 2. The summed E-state index contributed by atoms with van der Waals surface area (Å²) in [7, 11) is -0.945. The van der Waals surface area contributed by atoms with E-state index in [1.165, 1.54) is 27.2 Å². The summed E-state index contributed by atoms with van der Waals surface area (Å²) in [6.45, 7) is 1.60. The molecule has 1 aliphatic heterocycles. The number of nitrogens with one attached hydrogen (secondary N) is 1. The van der Waals surface area contributed by atoms with E-state index in [1.54, 1.807) is 30.3 Å². The number of nitrogens with zero attached hydrogens (tertiary/aromatic N) is 1. The maximum atomic E-state index is 12.9. The SMILES string of the molecule is COc1ccc(OC)c(N(C(C)C(=O)Nc2ccc3c(c2)OCO3)S(C)(=O)=O)c1. The fourth-order valence-electron chi connectivity index (χ4n) is 2.97. The second-order valence-electron chi connectivity index (χ2n) is 6.33. The number of hydrogen-bond donors (Lipinski definition) is 1. The van der Waals surface area contributed by atoms with E-state index in [0.717, 1.165) is 10.6 Å². The van der Waals surface area contributed by atoms with Crippen molar-refractivity contribution in [3.8, 4) is 23.0 Å². The highest BCUT2D eigenvalue weighted by atomic mass is 32.2. The molecule has 10 heteroatoms. The van der Waals surface area contributed by atoms with Crippen LogP contribution in [0.5, 0.6) is 23.0 Å². The second-order valence-corrected chi connectivity index (χ2v) is 8.19. The lowest BCUT2D eigenvalue weighted by Gasteiger charge is -2.29. The van der Waals surface area contributed by atoms with Crippen molar-refractivity contribution in [1.82, 2.24) is 0 Å². The Bertz CT molecular complexity index is 1020. The number of hydrogen-bond acceptors (Lipinski definition) is 7. The Kier molecular flexibility index (Phi) is 5.73. The number of amides is 1. The molecule has 2 aromatic rings. The van der Waals surface area contributed by atoms with Gasteiger partial charge in [-0.2, -0.15) is 0 Å². The molecule has 1 atom stereocenters. The zero-order valence-electron chi connectivity index (χ0n) is 16.5. The summed E-state index contributed by atoms with van der Waals surface area (Å²) >= 11 is 0. The molecule has 156 valence electrons. The van der Waals surface area contributed by atoms with E-state index in [9.17, 15) is 13.2 Å². The Balaban J connectivity index is 1.92. The molecule has 1 amide bonds. The molecular weight excluding hydrogens is 400 g/mol. The summed E-state index contributed by atoms with van der Waals surface area (Å²) in [5.41, 5.74) is 0.653. The molecule has 1 heterocycles. The Morgan fingerprint density at radius 3 is 2.48 bits per heavy atom. The van der Waals surface area contributed by atoms with Gasteiger partial charge in [-0.1, -0.05) is 0 Å². The molecule has 0 bridgehead atoms. The summed E-state index contributed by atoms with van der Waals surface area (Å²) in [5.74, 6) is 1.27. The summed E-state index contributed by atoms with van der Waals surface area (Å²) in [5, 5.41) is 2.71. The lowest BCUT2D eigenvalue weighted by Crippen LogP contribution is -2.45. The third kappa shape index (κ3) is 4.32. The van der Waals surface area contributed by atoms with Gasteiger partial charge in [-0.3, -0.25) is 9.10 Å². The minimum atomic E-state index is -3.83. The maximum absolute atomic E-state index is 12.9. The Hall–Kier alpha value is -3.14. The molecule has 1 aliphatic rings. The summed E-state index contributed by atoms with van der Waals surface area (Å²) in [6.07, 6.45) is 1.02. The van der Waals surface area contributed by atoms with Crippen molar-refractivity contribution < 1.29 is 32.2 Å². The molecule has 0 fully saturated rings. The van der Waals surface area contributed by atoms with E-state index >= 15 is 0 Å². The van der Waals surface area contributed by atoms with Gasteiger partial charge < -0.3 is 24.3 Å². The van der Waals surface area contributed by atoms with Crippen LogP contribution in [0, 0.1) is 0 Å². The molecule has 0 aliphatic carbocycles. The third-order valence-electron chi connectivity index (χ3n) is 4.35. The molecular formula is C19H22N2O7S. The number of carbonyl (C=O) groups excluding carboxylic acids is 1. The first-order valence-electron chi connectivity index (χ1n) is 8.66. The molecule has 0 saturated heterocycles. The van der Waals surface area contributed by atoms with Gasteiger partial charge in [0, 0.05) is 17.8 Å². The molecule has 1 unspecified atom stereocenters. The first kappa shape index (κ1) is 20.6. The van der Waals surface area contributed by atoms with Crippen LogP contribution in [0.3, 0.4) is 0 Å². The van der Waals surface area contributed by atoms with Gasteiger partial charge in [-0.15, -0.1) is 0 Å². The monoisotopic (exact) mass is 422 g/mol. The van der Waals surface area contributed by atoms with E-state index < -0.39 is 22.0 Å². The third-order valence-corrected chi connectivity index (χ3v) is 5.58. The van der Waals surface area contributed by atoms with Gasteiger partial charge >= 0.3 is 0 Å². The Labute approximate surface area is 169 Å². The molecule has 0 aromatic heterocycles. The van der Waals surface area contributed by atoms with E-state index in [1.807, 2.05) is 0 Å². The van der Waals surface area contributed by atoms with Crippen LogP contribution in [0.2, 0.25) is 0 Å². The van der Waals surface area contributed by atoms with Crippen molar-refractivity contribution in [1.29, 1.82) is 0 Å². The molecule has 2 aromatic carbocycles. The average molecular weight is 422 g/mol. The number of rotatable bonds is 7. The normalized spacial score (nSPS) is 13.5. The van der Waals surface area contributed by atoms with Gasteiger partial charge in [0.1, 0.15) is 17.5 Å². The highest BCUT2D eigenvalue weighted by molar-refractivity contribution is 7.92. The Morgan fingerprint density at radius 1 is 1.10 bits per heavy atom. The smallest absolute Gasteiger partial charge is 0.247 e. The van der Waals surface area contributed by atoms with Gasteiger partial charge in [0.25, 0.3) is 0 Å². The predicted molar refractivity (Wildman–Crippen MR) is 108 cm³/mol. The van der Waals surface area contributed by atoms with Crippen molar-refractivity contribution in [2.45, 2.75) is 13.0 Å². The highest BCUT2D eigenvalue weighted by Gasteiger charge is 2.32. The van der Waals surface area contributed by atoms with Crippen LogP contribution in [-0.4, -0.2) is 47.6 Å². The van der Waals surface area contributed by atoms with Crippen LogP contribution in [-0.2, 0) is 14.8 Å². The largest absolute Gasteiger partial charge is 0.497 e. The van der Waals surface area contributed by atoms with Crippen molar-refractivity contribution in [3.05, 3.63) is 36.4 Å². The number of sulfonamides is 1. The highest BCUT2D eigenvalue weighted by Crippen LogP contribution is 2.36. The second kappa shape index (κ2) is 8.08. The standard InChI is InChI=1S/C19H22N2O7S/c1-12(19(22)20-13-5-7-17-18(9-13)28-11-27-17)21(29(4,23)24)15-10-14(25-2)6-8-16(15)26-3/h5-10,12H,11H2,1-4H3,(H,20,22). The number of anilines is 2. The molecule has 1 N–H and O–H groups in total. The average Bonchev–Trinajstić information content (AvgIpc) is 3.14. The van der Waals surface area contributed by atoms with Crippen LogP contribution in [0.4, 0.5) is 11.4 Å². The lowest BCUT2D eigenvalue weighted by atomic mass is 10.2. The zero-order chi connectivity index (χ0) is 21.2. The van der Waals surface area contributed by atoms with E-state index in [2.05, 4.69) is 5.32 Å². The van der Waals surface area contributed by atoms with E-state index in [4.69, 9.17) is 18.9 Å². The van der Waals surface area contributed by atoms with Gasteiger partial charge in [0.15, 0.2) is 11.5 Å². The number of fused-ring (bicyclic) bond motifs is 1. The van der Waals surface area contributed by atoms with Crippen molar-refractivity contribution >= 4 is 27.3 Å². The van der Waals surface area contributed by atoms with E-state index in [-0.39, 0.29) is 12.5 Å². The van der Waals surface area contributed by atoms with Crippen molar-refractivity contribution in [2.24, 2.45) is 0 Å². The van der Waals surface area contributed by atoms with Crippen molar-refractivity contribution in [3.63, 3.8) is 0 Å². The first-order chi connectivity index (χ1) is 13.7. The molecule has 3 rings (SSSR count). The van der Waals surface area contributed by atoms with Gasteiger partial charge in [0.2, 0.25) is 22.7 Å². The number of benzene rings is 2. The molecule has 9 nitrogen and oxygen atoms in total. The van der Waals surface area contributed by atoms with E-state index in [0.29, 0.717) is 28.7 Å². The van der Waals surface area contributed by atoms with Crippen LogP contribution in [0.15, 0.2) is 36.4 Å². The van der Waals surface area contributed by atoms with Gasteiger partial charge in [0.05, 0.1) is 26.2 Å². The molecule has 0 saturated carbocycles. The lowest BCUT2D eigenvalue weighted by molar-refractivity contribution is -0.116. The van der Waals surface area contributed by atoms with Crippen molar-refractivity contribution in [2.75, 3.05) is 36.9 Å². The number of carbonyl (C=O) groups is 1. The Morgan fingerprint density at radius 2 is 1.83 bits per heavy atom. The summed E-state index contributed by atoms with van der Waals surface area (Å²) in [6, 6.07) is 8.58.